The van der Waals surface area contributed by atoms with Crippen molar-refractivity contribution in [2.45, 2.75) is 64.6 Å². The summed E-state index contributed by atoms with van der Waals surface area (Å²) in [4.78, 5) is 29.6. The van der Waals surface area contributed by atoms with E-state index in [0.717, 1.165) is 6.54 Å². The second-order valence-corrected chi connectivity index (χ2v) is 9.33. The predicted octanol–water partition coefficient (Wildman–Crippen LogP) is 1.33. The quantitative estimate of drug-likeness (QED) is 0.751. The second-order valence-electron chi connectivity index (χ2n) is 9.33. The molecule has 0 aromatic carbocycles. The Balaban J connectivity index is 2.09. The van der Waals surface area contributed by atoms with Crippen LogP contribution < -0.4 is 10.6 Å². The first-order valence-electron chi connectivity index (χ1n) is 10.1. The molecule has 3 amide bonds. The fourth-order valence-electron chi connectivity index (χ4n) is 3.74. The molecule has 1 unspecified atom stereocenters. The Morgan fingerprint density at radius 2 is 1.93 bits per heavy atom. The third kappa shape index (κ3) is 6.08. The summed E-state index contributed by atoms with van der Waals surface area (Å²) in [5, 5.41) is 15.7. The summed E-state index contributed by atoms with van der Waals surface area (Å²) in [7, 11) is 2.03. The van der Waals surface area contributed by atoms with Gasteiger partial charge in [0.25, 0.3) is 0 Å². The van der Waals surface area contributed by atoms with Crippen molar-refractivity contribution in [3.8, 4) is 6.07 Å². The van der Waals surface area contributed by atoms with Crippen molar-refractivity contribution in [1.82, 2.24) is 20.4 Å². The molecule has 0 saturated carbocycles. The molecular formula is C20H35N5O3. The molecule has 2 heterocycles. The molecule has 2 saturated heterocycles. The molecule has 2 fully saturated rings. The van der Waals surface area contributed by atoms with Crippen LogP contribution in [0.25, 0.3) is 0 Å². The lowest BCUT2D eigenvalue weighted by Gasteiger charge is -2.41. The topological polar surface area (TPSA) is 97.7 Å². The fraction of sp³-hybridized carbons (Fsp3) is 0.850. The van der Waals surface area contributed by atoms with Gasteiger partial charge in [-0.2, -0.15) is 5.26 Å². The van der Waals surface area contributed by atoms with Crippen LogP contribution in [0, 0.1) is 16.7 Å². The number of carbonyl (C=O) groups is 2. The van der Waals surface area contributed by atoms with Gasteiger partial charge in [-0.25, -0.2) is 4.79 Å². The number of likely N-dealkylation sites (tertiary alicyclic amines) is 1. The Kier molecular flexibility index (Phi) is 7.29. The van der Waals surface area contributed by atoms with E-state index in [1.165, 1.54) is 0 Å². The summed E-state index contributed by atoms with van der Waals surface area (Å²) in [5.74, 6) is -0.283. The van der Waals surface area contributed by atoms with Gasteiger partial charge in [0, 0.05) is 25.7 Å². The van der Waals surface area contributed by atoms with Crippen molar-refractivity contribution in [3.05, 3.63) is 0 Å². The number of rotatable bonds is 4. The number of morpholine rings is 1. The number of carbonyl (C=O) groups excluding carboxylic acids is 2. The average Bonchev–Trinajstić information content (AvgIpc) is 2.64. The van der Waals surface area contributed by atoms with Gasteiger partial charge in [-0.05, 0) is 38.6 Å². The number of ether oxygens (including phenoxy) is 1. The average molecular weight is 394 g/mol. The monoisotopic (exact) mass is 393 g/mol. The van der Waals surface area contributed by atoms with Gasteiger partial charge >= 0.3 is 6.03 Å². The number of hydrogen-bond acceptors (Lipinski definition) is 5. The fourth-order valence-corrected chi connectivity index (χ4v) is 3.74. The summed E-state index contributed by atoms with van der Waals surface area (Å²) in [6.45, 7) is 11.0. The van der Waals surface area contributed by atoms with Crippen LogP contribution >= 0.6 is 0 Å². The molecule has 0 radical (unpaired) electrons. The Hall–Kier alpha value is -1.85. The van der Waals surface area contributed by atoms with Crippen LogP contribution in [0.15, 0.2) is 0 Å². The normalized spacial score (nSPS) is 27.6. The van der Waals surface area contributed by atoms with Crippen molar-refractivity contribution < 1.29 is 14.3 Å². The first kappa shape index (κ1) is 22.4. The van der Waals surface area contributed by atoms with Crippen LogP contribution in [0.2, 0.25) is 0 Å². The van der Waals surface area contributed by atoms with Crippen LogP contribution in [0.3, 0.4) is 0 Å². The van der Waals surface area contributed by atoms with E-state index < -0.39 is 11.6 Å². The van der Waals surface area contributed by atoms with E-state index >= 15 is 0 Å². The number of amides is 3. The largest absolute Gasteiger partial charge is 0.378 e. The van der Waals surface area contributed by atoms with E-state index in [-0.39, 0.29) is 23.4 Å². The van der Waals surface area contributed by atoms with Gasteiger partial charge < -0.3 is 25.2 Å². The lowest BCUT2D eigenvalue weighted by atomic mass is 9.83. The zero-order chi connectivity index (χ0) is 20.9. The Bertz CT molecular complexity index is 606. The Morgan fingerprint density at radius 3 is 2.46 bits per heavy atom. The smallest absolute Gasteiger partial charge is 0.318 e. The first-order valence-corrected chi connectivity index (χ1v) is 10.1. The lowest BCUT2D eigenvalue weighted by Crippen LogP contribution is -2.61. The Labute approximate surface area is 168 Å². The third-order valence-corrected chi connectivity index (χ3v) is 5.59. The van der Waals surface area contributed by atoms with Gasteiger partial charge in [0.15, 0.2) is 0 Å². The second kappa shape index (κ2) is 9.10. The number of nitriles is 1. The number of piperidine rings is 1. The zero-order valence-electron chi connectivity index (χ0n) is 17.9. The minimum atomic E-state index is -0.886. The van der Waals surface area contributed by atoms with Crippen molar-refractivity contribution in [2.24, 2.45) is 5.41 Å². The van der Waals surface area contributed by atoms with Gasteiger partial charge in [0.05, 0.1) is 19.3 Å². The van der Waals surface area contributed by atoms with E-state index in [4.69, 9.17) is 4.74 Å². The molecular weight excluding hydrogens is 358 g/mol. The highest BCUT2D eigenvalue weighted by atomic mass is 16.5. The molecule has 2 aliphatic rings. The lowest BCUT2D eigenvalue weighted by molar-refractivity contribution is -0.125. The van der Waals surface area contributed by atoms with Crippen LogP contribution in [0.5, 0.6) is 0 Å². The SMILES string of the molecule is C[C@H]1CC(C#N)(NC(=O)[C@H](CC(C)(C)C)NC(=O)N2CCOCC2)CCN1C. The summed E-state index contributed by atoms with van der Waals surface area (Å²) < 4.78 is 5.29. The number of nitrogens with one attached hydrogen (secondary N) is 2. The summed E-state index contributed by atoms with van der Waals surface area (Å²) >= 11 is 0. The van der Waals surface area contributed by atoms with Gasteiger partial charge in [-0.15, -0.1) is 0 Å². The minimum absolute atomic E-state index is 0.153. The molecule has 8 nitrogen and oxygen atoms in total. The maximum atomic E-state index is 13.1. The van der Waals surface area contributed by atoms with Crippen molar-refractivity contribution in [1.29, 1.82) is 5.26 Å². The molecule has 0 aromatic rings. The number of urea groups is 1. The Morgan fingerprint density at radius 1 is 1.29 bits per heavy atom. The highest BCUT2D eigenvalue weighted by Gasteiger charge is 2.40. The van der Waals surface area contributed by atoms with E-state index in [1.54, 1.807) is 4.90 Å². The molecule has 0 aromatic heterocycles. The van der Waals surface area contributed by atoms with E-state index in [2.05, 4.69) is 28.5 Å². The predicted molar refractivity (Wildman–Crippen MR) is 107 cm³/mol. The molecule has 8 heteroatoms. The van der Waals surface area contributed by atoms with Gasteiger partial charge in [0.2, 0.25) is 5.91 Å². The van der Waals surface area contributed by atoms with Crippen molar-refractivity contribution >= 4 is 11.9 Å². The molecule has 2 N–H and O–H groups in total. The maximum absolute atomic E-state index is 13.1. The first-order chi connectivity index (χ1) is 13.1. The molecule has 158 valence electrons. The van der Waals surface area contributed by atoms with Crippen LogP contribution in [-0.2, 0) is 9.53 Å². The number of nitrogens with zero attached hydrogens (tertiary/aromatic N) is 3. The van der Waals surface area contributed by atoms with Crippen molar-refractivity contribution in [2.75, 3.05) is 39.9 Å². The standard InChI is InChI=1S/C20H35N5O3/c1-15-12-20(14-21,6-7-24(15)5)23-17(26)16(13-19(2,3)4)22-18(27)25-8-10-28-11-9-25/h15-16H,6-13H2,1-5H3,(H,22,27)(H,23,26)/t15-,16-,20?/m0/s1. The van der Waals surface area contributed by atoms with Gasteiger partial charge in [-0.1, -0.05) is 20.8 Å². The van der Waals surface area contributed by atoms with Crippen LogP contribution in [0.4, 0.5) is 4.79 Å². The summed E-state index contributed by atoms with van der Waals surface area (Å²) in [6, 6.07) is 1.60. The highest BCUT2D eigenvalue weighted by Crippen LogP contribution is 2.27. The highest BCUT2D eigenvalue weighted by molar-refractivity contribution is 5.88. The summed E-state index contributed by atoms with van der Waals surface area (Å²) in [6.07, 6.45) is 1.65. The molecule has 0 spiro atoms. The van der Waals surface area contributed by atoms with Crippen molar-refractivity contribution in [3.63, 3.8) is 0 Å². The van der Waals surface area contributed by atoms with Gasteiger partial charge in [-0.3, -0.25) is 4.79 Å². The van der Waals surface area contributed by atoms with E-state index in [0.29, 0.717) is 45.6 Å². The summed E-state index contributed by atoms with van der Waals surface area (Å²) in [5.41, 5.74) is -1.04. The van der Waals surface area contributed by atoms with Crippen LogP contribution in [-0.4, -0.2) is 79.3 Å². The molecule has 2 aliphatic heterocycles. The van der Waals surface area contributed by atoms with Crippen LogP contribution in [0.1, 0.15) is 47.0 Å². The van der Waals surface area contributed by atoms with Gasteiger partial charge in [0.1, 0.15) is 11.6 Å². The molecule has 2 rings (SSSR count). The molecule has 3 atom stereocenters. The molecule has 0 aliphatic carbocycles. The minimum Gasteiger partial charge on any atom is -0.378 e. The van der Waals surface area contributed by atoms with E-state index in [9.17, 15) is 14.9 Å². The number of hydrogen-bond donors (Lipinski definition) is 2. The van der Waals surface area contributed by atoms with E-state index in [1.807, 2.05) is 27.8 Å². The maximum Gasteiger partial charge on any atom is 0.318 e. The third-order valence-electron chi connectivity index (χ3n) is 5.59. The zero-order valence-corrected chi connectivity index (χ0v) is 17.9. The molecule has 0 bridgehead atoms. The molecule has 28 heavy (non-hydrogen) atoms.